The topological polar surface area (TPSA) is 65.3 Å². The second kappa shape index (κ2) is 10.8. The number of aryl methyl sites for hydroxylation is 1. The molecule has 7 nitrogen and oxygen atoms in total. The first kappa shape index (κ1) is 23.9. The Bertz CT molecular complexity index is 1360. The molecule has 0 N–H and O–H groups in total. The maximum Gasteiger partial charge on any atom is 0.223 e. The van der Waals surface area contributed by atoms with Crippen LogP contribution in [0.3, 0.4) is 0 Å². The Balaban J connectivity index is 1.54. The van der Waals surface area contributed by atoms with Crippen LogP contribution in [0.2, 0.25) is 0 Å². The third-order valence-corrected chi connectivity index (χ3v) is 6.48. The van der Waals surface area contributed by atoms with Crippen LogP contribution in [0.4, 0.5) is 0 Å². The van der Waals surface area contributed by atoms with Crippen molar-refractivity contribution in [1.29, 1.82) is 0 Å². The summed E-state index contributed by atoms with van der Waals surface area (Å²) in [6.07, 6.45) is 3.09. The number of morpholine rings is 1. The first-order valence-electron chi connectivity index (χ1n) is 12.4. The lowest BCUT2D eigenvalue weighted by Gasteiger charge is -2.26. The van der Waals surface area contributed by atoms with Crippen molar-refractivity contribution in [2.45, 2.75) is 19.8 Å². The summed E-state index contributed by atoms with van der Waals surface area (Å²) >= 11 is 0. The van der Waals surface area contributed by atoms with Gasteiger partial charge in [-0.05, 0) is 60.9 Å². The molecule has 0 radical (unpaired) electrons. The van der Waals surface area contributed by atoms with Crippen molar-refractivity contribution in [3.63, 3.8) is 0 Å². The first-order valence-corrected chi connectivity index (χ1v) is 12.4. The number of aromatic nitrogens is 2. The van der Waals surface area contributed by atoms with E-state index in [-0.39, 0.29) is 5.91 Å². The Labute approximate surface area is 211 Å². The van der Waals surface area contributed by atoms with Gasteiger partial charge in [0.25, 0.3) is 0 Å². The molecular formula is C29H31N3O4. The number of methoxy groups -OCH3 is 1. The number of amides is 1. The fraction of sp³-hybridized carbons (Fsp3) is 0.310. The van der Waals surface area contributed by atoms with Crippen LogP contribution in [0.5, 0.6) is 11.5 Å². The monoisotopic (exact) mass is 485 g/mol. The van der Waals surface area contributed by atoms with Crippen molar-refractivity contribution in [3.8, 4) is 33.9 Å². The third kappa shape index (κ3) is 5.06. The molecule has 0 bridgehead atoms. The molecule has 0 aliphatic carbocycles. The maximum absolute atomic E-state index is 13.0. The van der Waals surface area contributed by atoms with Gasteiger partial charge in [-0.15, -0.1) is 0 Å². The highest BCUT2D eigenvalue weighted by molar-refractivity contribution is 5.77. The highest BCUT2D eigenvalue weighted by atomic mass is 16.5. The molecule has 3 heterocycles. The van der Waals surface area contributed by atoms with Crippen LogP contribution in [0.25, 0.3) is 28.0 Å². The van der Waals surface area contributed by atoms with Gasteiger partial charge in [-0.3, -0.25) is 4.79 Å². The van der Waals surface area contributed by atoms with Gasteiger partial charge in [0.15, 0.2) is 0 Å². The number of imidazole rings is 1. The van der Waals surface area contributed by atoms with E-state index in [0.29, 0.717) is 45.8 Å². The van der Waals surface area contributed by atoms with E-state index >= 15 is 0 Å². The normalized spacial score (nSPS) is 13.7. The van der Waals surface area contributed by atoms with E-state index in [9.17, 15) is 4.79 Å². The van der Waals surface area contributed by atoms with E-state index in [1.807, 2.05) is 60.4 Å². The Hall–Kier alpha value is -3.84. The Morgan fingerprint density at radius 3 is 2.50 bits per heavy atom. The SMILES string of the molecule is CCOc1cccc(-c2ccc3nc(-c4cccc(OC)c4)c(CCC(=O)N4CCOCC4)n3c2)c1. The molecule has 36 heavy (non-hydrogen) atoms. The number of carbonyl (C=O) groups is 1. The van der Waals surface area contributed by atoms with Crippen LogP contribution in [0.1, 0.15) is 19.0 Å². The van der Waals surface area contributed by atoms with Crippen LogP contribution in [-0.4, -0.2) is 60.2 Å². The smallest absolute Gasteiger partial charge is 0.223 e. The number of fused-ring (bicyclic) bond motifs is 1. The Morgan fingerprint density at radius 2 is 1.72 bits per heavy atom. The van der Waals surface area contributed by atoms with Crippen molar-refractivity contribution in [2.75, 3.05) is 40.0 Å². The Kier molecular flexibility index (Phi) is 7.18. The molecule has 1 aliphatic heterocycles. The van der Waals surface area contributed by atoms with Gasteiger partial charge in [0.05, 0.1) is 38.3 Å². The maximum atomic E-state index is 13.0. The quantitative estimate of drug-likeness (QED) is 0.356. The number of carbonyl (C=O) groups excluding carboxylic acids is 1. The molecule has 7 heteroatoms. The van der Waals surface area contributed by atoms with E-state index < -0.39 is 0 Å². The van der Waals surface area contributed by atoms with Crippen molar-refractivity contribution < 1.29 is 19.0 Å². The molecule has 0 saturated carbocycles. The zero-order valence-corrected chi connectivity index (χ0v) is 20.8. The predicted molar refractivity (Wildman–Crippen MR) is 140 cm³/mol. The highest BCUT2D eigenvalue weighted by Gasteiger charge is 2.20. The second-order valence-electron chi connectivity index (χ2n) is 8.74. The molecule has 4 aromatic rings. The number of pyridine rings is 1. The van der Waals surface area contributed by atoms with Crippen molar-refractivity contribution in [3.05, 3.63) is 72.6 Å². The molecule has 1 aliphatic rings. The number of hydrogen-bond donors (Lipinski definition) is 0. The van der Waals surface area contributed by atoms with E-state index in [2.05, 4.69) is 22.7 Å². The van der Waals surface area contributed by atoms with Crippen LogP contribution < -0.4 is 9.47 Å². The summed E-state index contributed by atoms with van der Waals surface area (Å²) in [5, 5.41) is 0. The lowest BCUT2D eigenvalue weighted by Crippen LogP contribution is -2.40. The molecule has 2 aromatic heterocycles. The number of nitrogens with zero attached hydrogens (tertiary/aromatic N) is 3. The summed E-state index contributed by atoms with van der Waals surface area (Å²) in [6.45, 7) is 5.09. The zero-order chi connectivity index (χ0) is 24.9. The average molecular weight is 486 g/mol. The summed E-state index contributed by atoms with van der Waals surface area (Å²) < 4.78 is 18.7. The molecule has 0 atom stereocenters. The Morgan fingerprint density at radius 1 is 0.972 bits per heavy atom. The molecule has 186 valence electrons. The van der Waals surface area contributed by atoms with E-state index in [0.717, 1.165) is 45.2 Å². The number of benzene rings is 2. The van der Waals surface area contributed by atoms with Gasteiger partial charge in [-0.25, -0.2) is 4.98 Å². The highest BCUT2D eigenvalue weighted by Crippen LogP contribution is 2.31. The van der Waals surface area contributed by atoms with Crippen LogP contribution >= 0.6 is 0 Å². The van der Waals surface area contributed by atoms with E-state index in [1.54, 1.807) is 7.11 Å². The summed E-state index contributed by atoms with van der Waals surface area (Å²) in [5.41, 5.74) is 5.79. The molecule has 1 fully saturated rings. The zero-order valence-electron chi connectivity index (χ0n) is 20.8. The van der Waals surface area contributed by atoms with Gasteiger partial charge in [-0.1, -0.05) is 24.3 Å². The fourth-order valence-corrected chi connectivity index (χ4v) is 4.63. The van der Waals surface area contributed by atoms with Crippen molar-refractivity contribution in [2.24, 2.45) is 0 Å². The molecule has 1 saturated heterocycles. The molecule has 1 amide bonds. The van der Waals surface area contributed by atoms with Gasteiger partial charge >= 0.3 is 0 Å². The minimum atomic E-state index is 0.144. The molecular weight excluding hydrogens is 454 g/mol. The molecule has 2 aromatic carbocycles. The molecule has 0 spiro atoms. The number of hydrogen-bond acceptors (Lipinski definition) is 5. The van der Waals surface area contributed by atoms with Crippen molar-refractivity contribution >= 4 is 11.6 Å². The fourth-order valence-electron chi connectivity index (χ4n) is 4.63. The van der Waals surface area contributed by atoms with Gasteiger partial charge in [-0.2, -0.15) is 0 Å². The molecule has 0 unspecified atom stereocenters. The predicted octanol–water partition coefficient (Wildman–Crippen LogP) is 4.87. The van der Waals surface area contributed by atoms with E-state index in [1.165, 1.54) is 0 Å². The minimum Gasteiger partial charge on any atom is -0.497 e. The third-order valence-electron chi connectivity index (χ3n) is 6.48. The standard InChI is InChI=1S/C29H31N3O4/c1-3-36-25-9-4-6-21(18-25)23-10-12-27-30-29(22-7-5-8-24(19-22)34-2)26(32(27)20-23)11-13-28(33)31-14-16-35-17-15-31/h4-10,12,18-20H,3,11,13-17H2,1-2H3. The van der Waals surface area contributed by atoms with Gasteiger partial charge < -0.3 is 23.5 Å². The first-order chi connectivity index (χ1) is 17.7. The van der Waals surface area contributed by atoms with E-state index in [4.69, 9.17) is 19.2 Å². The largest absolute Gasteiger partial charge is 0.497 e. The van der Waals surface area contributed by atoms with Crippen LogP contribution in [0, 0.1) is 0 Å². The lowest BCUT2D eigenvalue weighted by atomic mass is 10.1. The minimum absolute atomic E-state index is 0.144. The number of ether oxygens (including phenoxy) is 3. The van der Waals surface area contributed by atoms with Crippen molar-refractivity contribution in [1.82, 2.24) is 14.3 Å². The van der Waals surface area contributed by atoms with Gasteiger partial charge in [0.2, 0.25) is 5.91 Å². The van der Waals surface area contributed by atoms with Crippen LogP contribution in [-0.2, 0) is 16.0 Å². The van der Waals surface area contributed by atoms with Gasteiger partial charge in [0.1, 0.15) is 17.1 Å². The summed E-state index contributed by atoms with van der Waals surface area (Å²) in [7, 11) is 1.66. The summed E-state index contributed by atoms with van der Waals surface area (Å²) in [6, 6.07) is 20.1. The lowest BCUT2D eigenvalue weighted by molar-refractivity contribution is -0.135. The number of rotatable bonds is 8. The summed E-state index contributed by atoms with van der Waals surface area (Å²) in [5.74, 6) is 1.76. The second-order valence-corrected chi connectivity index (χ2v) is 8.74. The van der Waals surface area contributed by atoms with Crippen LogP contribution in [0.15, 0.2) is 66.9 Å². The molecule has 5 rings (SSSR count). The summed E-state index contributed by atoms with van der Waals surface area (Å²) in [4.78, 5) is 19.8. The van der Waals surface area contributed by atoms with Gasteiger partial charge in [0, 0.05) is 31.3 Å². The average Bonchev–Trinajstić information content (AvgIpc) is 3.30.